The lowest BCUT2D eigenvalue weighted by atomic mass is 10.2. The van der Waals surface area contributed by atoms with Gasteiger partial charge in [-0.1, -0.05) is 0 Å². The van der Waals surface area contributed by atoms with Crippen LogP contribution in [0, 0.1) is 0 Å². The maximum absolute atomic E-state index is 12.6. The molecule has 0 N–H and O–H groups in total. The van der Waals surface area contributed by atoms with Crippen molar-refractivity contribution in [2.75, 3.05) is 20.2 Å². The van der Waals surface area contributed by atoms with Crippen LogP contribution in [0.5, 0.6) is 0 Å². The molecule has 7 nitrogen and oxygen atoms in total. The minimum absolute atomic E-state index is 0.00709. The SMILES string of the molecule is CC(=O)N(C)Cc1ncn2c1CN(C(=O)[C@H]1CCCO1)CCC2. The first-order valence-electron chi connectivity index (χ1n) is 8.21. The molecule has 3 heterocycles. The van der Waals surface area contributed by atoms with Crippen LogP contribution < -0.4 is 0 Å². The van der Waals surface area contributed by atoms with Gasteiger partial charge in [0.1, 0.15) is 6.10 Å². The summed E-state index contributed by atoms with van der Waals surface area (Å²) < 4.78 is 7.64. The monoisotopic (exact) mass is 320 g/mol. The third-order valence-corrected chi connectivity index (χ3v) is 4.64. The summed E-state index contributed by atoms with van der Waals surface area (Å²) in [7, 11) is 1.76. The number of aromatic nitrogens is 2. The van der Waals surface area contributed by atoms with E-state index in [0.29, 0.717) is 19.7 Å². The van der Waals surface area contributed by atoms with Gasteiger partial charge >= 0.3 is 0 Å². The van der Waals surface area contributed by atoms with E-state index in [1.807, 2.05) is 11.2 Å². The van der Waals surface area contributed by atoms with Crippen molar-refractivity contribution in [3.8, 4) is 0 Å². The lowest BCUT2D eigenvalue weighted by molar-refractivity contribution is -0.141. The van der Waals surface area contributed by atoms with Crippen molar-refractivity contribution in [3.05, 3.63) is 17.7 Å². The Morgan fingerprint density at radius 3 is 2.91 bits per heavy atom. The highest BCUT2D eigenvalue weighted by atomic mass is 16.5. The molecule has 0 unspecified atom stereocenters. The van der Waals surface area contributed by atoms with Crippen molar-refractivity contribution in [1.82, 2.24) is 19.4 Å². The van der Waals surface area contributed by atoms with Crippen LogP contribution in [-0.2, 0) is 34.0 Å². The van der Waals surface area contributed by atoms with Gasteiger partial charge in [-0.2, -0.15) is 0 Å². The molecule has 3 rings (SSSR count). The Kier molecular flexibility index (Phi) is 4.66. The standard InChI is InChI=1S/C16H24N4O3/c1-12(21)18(2)9-13-14-10-19(6-4-7-20(14)11-17-13)16(22)15-5-3-8-23-15/h11,15H,3-10H2,1-2H3/t15-/m1/s1. The van der Waals surface area contributed by atoms with Gasteiger partial charge in [-0.15, -0.1) is 0 Å². The minimum Gasteiger partial charge on any atom is -0.368 e. The van der Waals surface area contributed by atoms with E-state index in [-0.39, 0.29) is 17.9 Å². The van der Waals surface area contributed by atoms with Gasteiger partial charge in [0, 0.05) is 33.7 Å². The summed E-state index contributed by atoms with van der Waals surface area (Å²) in [6.45, 7) is 4.82. The van der Waals surface area contributed by atoms with E-state index in [4.69, 9.17) is 4.74 Å². The Morgan fingerprint density at radius 1 is 1.39 bits per heavy atom. The summed E-state index contributed by atoms with van der Waals surface area (Å²) >= 11 is 0. The maximum atomic E-state index is 12.6. The molecule has 1 atom stereocenters. The number of amides is 2. The molecule has 2 aliphatic heterocycles. The molecule has 0 aliphatic carbocycles. The zero-order valence-corrected chi connectivity index (χ0v) is 13.8. The average molecular weight is 320 g/mol. The molecule has 0 bridgehead atoms. The minimum atomic E-state index is -0.284. The molecule has 2 amide bonds. The fraction of sp³-hybridized carbons (Fsp3) is 0.688. The van der Waals surface area contributed by atoms with Crippen LogP contribution in [0.2, 0.25) is 0 Å². The van der Waals surface area contributed by atoms with Gasteiger partial charge < -0.3 is 19.1 Å². The van der Waals surface area contributed by atoms with Crippen LogP contribution in [0.25, 0.3) is 0 Å². The molecule has 7 heteroatoms. The van der Waals surface area contributed by atoms with Gasteiger partial charge in [-0.05, 0) is 19.3 Å². The number of nitrogens with zero attached hydrogens (tertiary/aromatic N) is 4. The highest BCUT2D eigenvalue weighted by Gasteiger charge is 2.30. The van der Waals surface area contributed by atoms with E-state index in [9.17, 15) is 9.59 Å². The van der Waals surface area contributed by atoms with Gasteiger partial charge in [0.15, 0.2) is 0 Å². The zero-order valence-electron chi connectivity index (χ0n) is 13.8. The number of fused-ring (bicyclic) bond motifs is 1. The van der Waals surface area contributed by atoms with E-state index in [1.165, 1.54) is 0 Å². The van der Waals surface area contributed by atoms with Crippen molar-refractivity contribution in [3.63, 3.8) is 0 Å². The summed E-state index contributed by atoms with van der Waals surface area (Å²) in [6.07, 6.45) is 4.21. The number of carbonyl (C=O) groups is 2. The molecule has 2 aliphatic rings. The fourth-order valence-corrected chi connectivity index (χ4v) is 3.15. The predicted octanol–water partition coefficient (Wildman–Crippen LogP) is 0.773. The molecule has 0 radical (unpaired) electrons. The van der Waals surface area contributed by atoms with Gasteiger partial charge in [0.05, 0.1) is 30.8 Å². The Hall–Kier alpha value is -1.89. The van der Waals surface area contributed by atoms with Crippen LogP contribution >= 0.6 is 0 Å². The van der Waals surface area contributed by atoms with Crippen molar-refractivity contribution in [2.24, 2.45) is 0 Å². The van der Waals surface area contributed by atoms with Crippen LogP contribution in [0.3, 0.4) is 0 Å². The van der Waals surface area contributed by atoms with E-state index in [0.717, 1.165) is 43.7 Å². The summed E-state index contributed by atoms with van der Waals surface area (Å²) in [4.78, 5) is 32.1. The molecule has 23 heavy (non-hydrogen) atoms. The molecular formula is C16H24N4O3. The molecule has 1 saturated heterocycles. The Bertz CT molecular complexity index is 592. The summed E-state index contributed by atoms with van der Waals surface area (Å²) in [6, 6.07) is 0. The van der Waals surface area contributed by atoms with E-state index in [2.05, 4.69) is 9.55 Å². The van der Waals surface area contributed by atoms with Gasteiger partial charge in [0.25, 0.3) is 5.91 Å². The quantitative estimate of drug-likeness (QED) is 0.825. The van der Waals surface area contributed by atoms with Crippen molar-refractivity contribution in [1.29, 1.82) is 0 Å². The number of hydrogen-bond acceptors (Lipinski definition) is 4. The second kappa shape index (κ2) is 6.70. The van der Waals surface area contributed by atoms with Crippen molar-refractivity contribution in [2.45, 2.75) is 51.9 Å². The third-order valence-electron chi connectivity index (χ3n) is 4.64. The molecule has 1 aromatic rings. The van der Waals surface area contributed by atoms with Crippen LogP contribution in [-0.4, -0.2) is 57.5 Å². The van der Waals surface area contributed by atoms with Crippen LogP contribution in [0.15, 0.2) is 6.33 Å². The highest BCUT2D eigenvalue weighted by Crippen LogP contribution is 2.21. The third kappa shape index (κ3) is 3.39. The number of rotatable bonds is 3. The molecule has 0 aromatic carbocycles. The molecular weight excluding hydrogens is 296 g/mol. The molecule has 0 spiro atoms. The maximum Gasteiger partial charge on any atom is 0.252 e. The van der Waals surface area contributed by atoms with E-state index in [1.54, 1.807) is 18.9 Å². The average Bonchev–Trinajstić information content (AvgIpc) is 3.12. The summed E-state index contributed by atoms with van der Waals surface area (Å²) in [5.41, 5.74) is 1.90. The summed E-state index contributed by atoms with van der Waals surface area (Å²) in [5, 5.41) is 0. The zero-order chi connectivity index (χ0) is 16.4. The number of hydrogen-bond donors (Lipinski definition) is 0. The smallest absolute Gasteiger partial charge is 0.252 e. The van der Waals surface area contributed by atoms with E-state index < -0.39 is 0 Å². The number of imidazole rings is 1. The summed E-state index contributed by atoms with van der Waals surface area (Å²) in [5.74, 6) is 0.0932. The largest absolute Gasteiger partial charge is 0.368 e. The normalized spacial score (nSPS) is 21.0. The highest BCUT2D eigenvalue weighted by molar-refractivity contribution is 5.81. The first-order chi connectivity index (χ1) is 11.1. The number of ether oxygens (including phenoxy) is 1. The van der Waals surface area contributed by atoms with Crippen LogP contribution in [0.1, 0.15) is 37.6 Å². The first-order valence-corrected chi connectivity index (χ1v) is 8.21. The first kappa shape index (κ1) is 16.0. The lowest BCUT2D eigenvalue weighted by Gasteiger charge is -2.24. The van der Waals surface area contributed by atoms with Gasteiger partial charge in [-0.3, -0.25) is 9.59 Å². The second-order valence-corrected chi connectivity index (χ2v) is 6.32. The van der Waals surface area contributed by atoms with Crippen molar-refractivity contribution >= 4 is 11.8 Å². The Balaban J connectivity index is 1.76. The van der Waals surface area contributed by atoms with Crippen molar-refractivity contribution < 1.29 is 14.3 Å². The molecule has 1 fully saturated rings. The number of carbonyl (C=O) groups excluding carboxylic acids is 2. The molecule has 126 valence electrons. The topological polar surface area (TPSA) is 67.7 Å². The predicted molar refractivity (Wildman–Crippen MR) is 83.4 cm³/mol. The second-order valence-electron chi connectivity index (χ2n) is 6.32. The molecule has 1 aromatic heterocycles. The van der Waals surface area contributed by atoms with Gasteiger partial charge in [0.2, 0.25) is 5.91 Å². The fourth-order valence-electron chi connectivity index (χ4n) is 3.15. The lowest BCUT2D eigenvalue weighted by Crippen LogP contribution is -2.38. The van der Waals surface area contributed by atoms with Crippen LogP contribution in [0.4, 0.5) is 0 Å². The van der Waals surface area contributed by atoms with Gasteiger partial charge in [-0.25, -0.2) is 4.98 Å². The molecule has 0 saturated carbocycles. The Morgan fingerprint density at radius 2 is 2.22 bits per heavy atom. The Labute approximate surface area is 136 Å². The number of aryl methyl sites for hydroxylation is 1. The van der Waals surface area contributed by atoms with E-state index >= 15 is 0 Å².